The highest BCUT2D eigenvalue weighted by Crippen LogP contribution is 2.24. The summed E-state index contributed by atoms with van der Waals surface area (Å²) in [5.41, 5.74) is 2.58. The van der Waals surface area contributed by atoms with Gasteiger partial charge < -0.3 is 5.32 Å². The molecule has 156 valence electrons. The molecule has 4 aromatic rings. The summed E-state index contributed by atoms with van der Waals surface area (Å²) in [5.74, 6) is 0.0780. The molecule has 1 amide bonds. The SMILES string of the molecule is CC(c1ccccc1)n1c(SCC(=O)NCc2ccccc2)nc2ccccc2c1=O. The van der Waals surface area contributed by atoms with Gasteiger partial charge in [-0.3, -0.25) is 14.2 Å². The van der Waals surface area contributed by atoms with E-state index in [1.165, 1.54) is 11.8 Å². The van der Waals surface area contributed by atoms with Crippen molar-refractivity contribution in [3.8, 4) is 0 Å². The van der Waals surface area contributed by atoms with E-state index in [9.17, 15) is 9.59 Å². The number of hydrogen-bond donors (Lipinski definition) is 1. The molecule has 0 spiro atoms. The Morgan fingerprint density at radius 2 is 1.61 bits per heavy atom. The van der Waals surface area contributed by atoms with Gasteiger partial charge in [0.15, 0.2) is 5.16 Å². The number of carbonyl (C=O) groups is 1. The molecule has 1 heterocycles. The van der Waals surface area contributed by atoms with Crippen molar-refractivity contribution in [1.82, 2.24) is 14.9 Å². The third-order valence-electron chi connectivity index (χ3n) is 5.11. The lowest BCUT2D eigenvalue weighted by atomic mass is 10.1. The van der Waals surface area contributed by atoms with Gasteiger partial charge in [-0.1, -0.05) is 84.6 Å². The number of aromatic nitrogens is 2. The summed E-state index contributed by atoms with van der Waals surface area (Å²) >= 11 is 1.28. The van der Waals surface area contributed by atoms with Gasteiger partial charge in [-0.05, 0) is 30.2 Å². The first-order valence-corrected chi connectivity index (χ1v) is 11.1. The Balaban J connectivity index is 1.60. The first-order valence-electron chi connectivity index (χ1n) is 10.1. The van der Waals surface area contributed by atoms with Crippen molar-refractivity contribution in [3.05, 3.63) is 106 Å². The predicted molar refractivity (Wildman–Crippen MR) is 125 cm³/mol. The molecule has 0 aliphatic rings. The normalized spacial score (nSPS) is 11.9. The third-order valence-corrected chi connectivity index (χ3v) is 6.06. The Kier molecular flexibility index (Phi) is 6.48. The van der Waals surface area contributed by atoms with E-state index in [1.54, 1.807) is 10.6 Å². The zero-order chi connectivity index (χ0) is 21.6. The van der Waals surface area contributed by atoms with Gasteiger partial charge in [-0.2, -0.15) is 0 Å². The van der Waals surface area contributed by atoms with Crippen LogP contribution < -0.4 is 10.9 Å². The van der Waals surface area contributed by atoms with Crippen molar-refractivity contribution in [2.24, 2.45) is 0 Å². The summed E-state index contributed by atoms with van der Waals surface area (Å²) in [6, 6.07) is 26.7. The number of amides is 1. The molecule has 1 unspecified atom stereocenters. The molecule has 0 fully saturated rings. The molecule has 1 N–H and O–H groups in total. The number of fused-ring (bicyclic) bond motifs is 1. The van der Waals surface area contributed by atoms with Gasteiger partial charge >= 0.3 is 0 Å². The van der Waals surface area contributed by atoms with E-state index in [0.717, 1.165) is 11.1 Å². The zero-order valence-corrected chi connectivity index (χ0v) is 18.0. The highest BCUT2D eigenvalue weighted by molar-refractivity contribution is 7.99. The molecule has 31 heavy (non-hydrogen) atoms. The fourth-order valence-electron chi connectivity index (χ4n) is 3.43. The van der Waals surface area contributed by atoms with E-state index in [1.807, 2.05) is 85.8 Å². The van der Waals surface area contributed by atoms with Crippen LogP contribution in [0.5, 0.6) is 0 Å². The van der Waals surface area contributed by atoms with E-state index in [-0.39, 0.29) is 23.3 Å². The standard InChI is InChI=1S/C25H23N3O2S/c1-18(20-12-6-3-7-13-20)28-24(30)21-14-8-9-15-22(21)27-25(28)31-17-23(29)26-16-19-10-4-2-5-11-19/h2-15,18H,16-17H2,1H3,(H,26,29). The Hall–Kier alpha value is -3.38. The smallest absolute Gasteiger partial charge is 0.262 e. The highest BCUT2D eigenvalue weighted by atomic mass is 32.2. The van der Waals surface area contributed by atoms with E-state index in [0.29, 0.717) is 22.6 Å². The molecule has 0 aliphatic carbocycles. The summed E-state index contributed by atoms with van der Waals surface area (Å²) in [7, 11) is 0. The van der Waals surface area contributed by atoms with Crippen LogP contribution in [0.2, 0.25) is 0 Å². The van der Waals surface area contributed by atoms with Crippen LogP contribution in [0.4, 0.5) is 0 Å². The van der Waals surface area contributed by atoms with E-state index >= 15 is 0 Å². The Labute approximate surface area is 185 Å². The van der Waals surface area contributed by atoms with Crippen molar-refractivity contribution >= 4 is 28.6 Å². The van der Waals surface area contributed by atoms with Crippen molar-refractivity contribution < 1.29 is 4.79 Å². The second-order valence-electron chi connectivity index (χ2n) is 7.22. The summed E-state index contributed by atoms with van der Waals surface area (Å²) in [5, 5.41) is 4.04. The lowest BCUT2D eigenvalue weighted by Crippen LogP contribution is -2.28. The maximum absolute atomic E-state index is 13.3. The molecule has 1 atom stereocenters. The number of nitrogens with one attached hydrogen (secondary N) is 1. The van der Waals surface area contributed by atoms with Gasteiger partial charge in [0, 0.05) is 6.54 Å². The Bertz CT molecular complexity index is 1240. The van der Waals surface area contributed by atoms with Gasteiger partial charge in [0.1, 0.15) is 0 Å². The number of rotatable bonds is 7. The maximum Gasteiger partial charge on any atom is 0.262 e. The number of carbonyl (C=O) groups excluding carboxylic acids is 1. The number of para-hydroxylation sites is 1. The van der Waals surface area contributed by atoms with Crippen molar-refractivity contribution in [2.45, 2.75) is 24.7 Å². The molecule has 4 rings (SSSR count). The summed E-state index contributed by atoms with van der Waals surface area (Å²) < 4.78 is 1.69. The molecule has 0 saturated carbocycles. The van der Waals surface area contributed by atoms with Crippen LogP contribution in [0, 0.1) is 0 Å². The summed E-state index contributed by atoms with van der Waals surface area (Å²) in [4.78, 5) is 30.5. The molecule has 0 radical (unpaired) electrons. The summed E-state index contributed by atoms with van der Waals surface area (Å²) in [6.45, 7) is 2.45. The fraction of sp³-hybridized carbons (Fsp3) is 0.160. The van der Waals surface area contributed by atoms with Crippen molar-refractivity contribution in [1.29, 1.82) is 0 Å². The number of hydrogen-bond acceptors (Lipinski definition) is 4. The lowest BCUT2D eigenvalue weighted by Gasteiger charge is -2.20. The van der Waals surface area contributed by atoms with Crippen molar-refractivity contribution in [2.75, 3.05) is 5.75 Å². The van der Waals surface area contributed by atoms with Crippen LogP contribution in [0.3, 0.4) is 0 Å². The highest BCUT2D eigenvalue weighted by Gasteiger charge is 2.18. The van der Waals surface area contributed by atoms with Crippen LogP contribution >= 0.6 is 11.8 Å². The average Bonchev–Trinajstić information content (AvgIpc) is 2.82. The van der Waals surface area contributed by atoms with Gasteiger partial charge in [-0.25, -0.2) is 4.98 Å². The van der Waals surface area contributed by atoms with Crippen LogP contribution in [-0.2, 0) is 11.3 Å². The Morgan fingerprint density at radius 3 is 2.35 bits per heavy atom. The topological polar surface area (TPSA) is 64.0 Å². The molecular formula is C25H23N3O2S. The van der Waals surface area contributed by atoms with Crippen molar-refractivity contribution in [3.63, 3.8) is 0 Å². The van der Waals surface area contributed by atoms with E-state index in [2.05, 4.69) is 5.32 Å². The number of thioether (sulfide) groups is 1. The number of benzene rings is 3. The quantitative estimate of drug-likeness (QED) is 0.349. The van der Waals surface area contributed by atoms with Crippen LogP contribution in [0.25, 0.3) is 10.9 Å². The van der Waals surface area contributed by atoms with Gasteiger partial charge in [0.05, 0.1) is 22.7 Å². The molecule has 3 aromatic carbocycles. The number of nitrogens with zero attached hydrogens (tertiary/aromatic N) is 2. The Morgan fingerprint density at radius 1 is 0.968 bits per heavy atom. The molecule has 0 bridgehead atoms. The molecule has 0 saturated heterocycles. The summed E-state index contributed by atoms with van der Waals surface area (Å²) in [6.07, 6.45) is 0. The molecule has 0 aliphatic heterocycles. The first kappa shape index (κ1) is 20.9. The second kappa shape index (κ2) is 9.62. The molecular weight excluding hydrogens is 406 g/mol. The minimum absolute atomic E-state index is 0.102. The minimum atomic E-state index is -0.208. The van der Waals surface area contributed by atoms with Gasteiger partial charge in [0.2, 0.25) is 5.91 Å². The molecule has 6 heteroatoms. The molecule has 1 aromatic heterocycles. The first-order chi connectivity index (χ1) is 15.1. The fourth-order valence-corrected chi connectivity index (χ4v) is 4.33. The van der Waals surface area contributed by atoms with E-state index < -0.39 is 0 Å². The maximum atomic E-state index is 13.3. The zero-order valence-electron chi connectivity index (χ0n) is 17.2. The predicted octanol–water partition coefficient (Wildman–Crippen LogP) is 4.41. The average molecular weight is 430 g/mol. The van der Waals surface area contributed by atoms with Gasteiger partial charge in [-0.15, -0.1) is 0 Å². The molecule has 5 nitrogen and oxygen atoms in total. The largest absolute Gasteiger partial charge is 0.351 e. The van der Waals surface area contributed by atoms with Crippen LogP contribution in [0.1, 0.15) is 24.1 Å². The van der Waals surface area contributed by atoms with E-state index in [4.69, 9.17) is 4.98 Å². The lowest BCUT2D eigenvalue weighted by molar-refractivity contribution is -0.118. The van der Waals surface area contributed by atoms with Crippen LogP contribution in [0.15, 0.2) is 94.9 Å². The van der Waals surface area contributed by atoms with Gasteiger partial charge in [0.25, 0.3) is 5.56 Å². The second-order valence-corrected chi connectivity index (χ2v) is 8.17. The monoisotopic (exact) mass is 429 g/mol. The third kappa shape index (κ3) is 4.86. The minimum Gasteiger partial charge on any atom is -0.351 e. The van der Waals surface area contributed by atoms with Crippen LogP contribution in [-0.4, -0.2) is 21.2 Å².